The van der Waals surface area contributed by atoms with Crippen LogP contribution < -0.4 is 5.32 Å². The Kier molecular flexibility index (Phi) is 0.592. The van der Waals surface area contributed by atoms with Gasteiger partial charge in [-0.3, -0.25) is 4.99 Å². The summed E-state index contributed by atoms with van der Waals surface area (Å²) in [5, 5.41) is 3.16. The molecule has 2 aliphatic rings. The van der Waals surface area contributed by atoms with Gasteiger partial charge in [-0.15, -0.1) is 0 Å². The van der Waals surface area contributed by atoms with Crippen molar-refractivity contribution in [3.8, 4) is 0 Å². The van der Waals surface area contributed by atoms with Crippen molar-refractivity contribution in [3.05, 3.63) is 23.5 Å². The van der Waals surface area contributed by atoms with E-state index in [1.807, 2.05) is 12.3 Å². The molecule has 2 aliphatic heterocycles. The van der Waals surface area contributed by atoms with E-state index in [1.165, 1.54) is 5.70 Å². The summed E-state index contributed by atoms with van der Waals surface area (Å²) in [7, 11) is 0. The molecule has 2 heteroatoms. The Morgan fingerprint density at radius 1 is 1.62 bits per heavy atom. The Balaban J connectivity index is 2.49. The number of hydrogen-bond acceptors (Lipinski definition) is 2. The first kappa shape index (κ1) is 3.89. The summed E-state index contributed by atoms with van der Waals surface area (Å²) in [4.78, 5) is 4.08. The van der Waals surface area contributed by atoms with Crippen LogP contribution in [0.1, 0.15) is 0 Å². The molecule has 2 heterocycles. The number of fused-ring (bicyclic) bond motifs is 1. The Hall–Kier alpha value is -1.05. The van der Waals surface area contributed by atoms with Gasteiger partial charge in [0, 0.05) is 12.8 Å². The zero-order valence-electron chi connectivity index (χ0n) is 4.39. The quantitative estimate of drug-likeness (QED) is 0.476. The number of hydrogen-bond donors (Lipinski definition) is 1. The third-order valence-electron chi connectivity index (χ3n) is 1.32. The van der Waals surface area contributed by atoms with E-state index in [2.05, 4.69) is 16.4 Å². The van der Waals surface area contributed by atoms with Gasteiger partial charge in [0.1, 0.15) is 0 Å². The lowest BCUT2D eigenvalue weighted by molar-refractivity contribution is 0.978. The zero-order chi connectivity index (χ0) is 5.40. The number of nitrogens with one attached hydrogen (secondary N) is 1. The molecule has 0 bridgehead atoms. The van der Waals surface area contributed by atoms with Gasteiger partial charge >= 0.3 is 0 Å². The summed E-state index contributed by atoms with van der Waals surface area (Å²) in [6, 6.07) is 0. The molecule has 40 valence electrons. The van der Waals surface area contributed by atoms with Gasteiger partial charge in [0.05, 0.1) is 11.4 Å². The molecule has 0 fully saturated rings. The molecule has 0 aliphatic carbocycles. The molecule has 0 saturated heterocycles. The standard InChI is InChI=1S/C6H6N2/c1-3-7-6-2-4-8-5(1)6/h1-3,8H,4H2. The van der Waals surface area contributed by atoms with E-state index in [-0.39, 0.29) is 0 Å². The largest absolute Gasteiger partial charge is 0.380 e. The van der Waals surface area contributed by atoms with Gasteiger partial charge < -0.3 is 5.32 Å². The van der Waals surface area contributed by atoms with Crippen LogP contribution in [0.3, 0.4) is 0 Å². The average molecular weight is 106 g/mol. The van der Waals surface area contributed by atoms with Crippen molar-refractivity contribution in [3.63, 3.8) is 0 Å². The average Bonchev–Trinajstić information content (AvgIpc) is 2.15. The van der Waals surface area contributed by atoms with Crippen LogP contribution in [-0.2, 0) is 0 Å². The molecule has 0 radical (unpaired) electrons. The van der Waals surface area contributed by atoms with Crippen LogP contribution in [0.25, 0.3) is 0 Å². The first-order chi connectivity index (χ1) is 3.97. The van der Waals surface area contributed by atoms with Gasteiger partial charge in [-0.1, -0.05) is 0 Å². The predicted octanol–water partition coefficient (Wildman–Crippen LogP) is 0.442. The Morgan fingerprint density at radius 3 is 3.50 bits per heavy atom. The second-order valence-electron chi connectivity index (χ2n) is 1.83. The van der Waals surface area contributed by atoms with E-state index in [0.29, 0.717) is 0 Å². The topological polar surface area (TPSA) is 24.4 Å². The monoisotopic (exact) mass is 106 g/mol. The van der Waals surface area contributed by atoms with E-state index in [0.717, 1.165) is 12.2 Å². The van der Waals surface area contributed by atoms with Crippen LogP contribution in [0.4, 0.5) is 0 Å². The number of allylic oxidation sites excluding steroid dienone is 1. The van der Waals surface area contributed by atoms with E-state index in [1.54, 1.807) is 0 Å². The highest BCUT2D eigenvalue weighted by atomic mass is 15.0. The van der Waals surface area contributed by atoms with Gasteiger partial charge in [0.2, 0.25) is 0 Å². The molecule has 2 nitrogen and oxygen atoms in total. The summed E-state index contributed by atoms with van der Waals surface area (Å²) in [6.07, 6.45) is 5.88. The van der Waals surface area contributed by atoms with E-state index in [9.17, 15) is 0 Å². The molecule has 0 spiro atoms. The maximum Gasteiger partial charge on any atom is 0.0839 e. The number of rotatable bonds is 0. The highest BCUT2D eigenvalue weighted by molar-refractivity contribution is 5.79. The minimum absolute atomic E-state index is 0.943. The summed E-state index contributed by atoms with van der Waals surface area (Å²) >= 11 is 0. The SMILES string of the molecule is C1=NC2=CCNC2=C1. The lowest BCUT2D eigenvalue weighted by atomic mass is 10.4. The van der Waals surface area contributed by atoms with Crippen molar-refractivity contribution in [2.75, 3.05) is 6.54 Å². The van der Waals surface area contributed by atoms with Crippen molar-refractivity contribution in [1.82, 2.24) is 5.32 Å². The third kappa shape index (κ3) is 0.346. The van der Waals surface area contributed by atoms with Crippen LogP contribution in [0, 0.1) is 0 Å². The fourth-order valence-corrected chi connectivity index (χ4v) is 0.917. The molecule has 8 heavy (non-hydrogen) atoms. The van der Waals surface area contributed by atoms with Crippen molar-refractivity contribution < 1.29 is 0 Å². The molecule has 0 atom stereocenters. The maximum atomic E-state index is 4.08. The van der Waals surface area contributed by atoms with Crippen LogP contribution in [-0.4, -0.2) is 12.8 Å². The molecule has 0 unspecified atom stereocenters. The molecular formula is C6H6N2. The Labute approximate surface area is 47.6 Å². The van der Waals surface area contributed by atoms with Crippen LogP contribution >= 0.6 is 0 Å². The molecule has 0 aromatic rings. The van der Waals surface area contributed by atoms with Gasteiger partial charge in [-0.2, -0.15) is 0 Å². The fraction of sp³-hybridized carbons (Fsp3) is 0.167. The van der Waals surface area contributed by atoms with Crippen molar-refractivity contribution in [1.29, 1.82) is 0 Å². The summed E-state index contributed by atoms with van der Waals surface area (Å²) in [5.41, 5.74) is 2.27. The zero-order valence-corrected chi connectivity index (χ0v) is 4.39. The third-order valence-corrected chi connectivity index (χ3v) is 1.32. The second-order valence-corrected chi connectivity index (χ2v) is 1.83. The lowest BCUT2D eigenvalue weighted by Gasteiger charge is -1.91. The smallest absolute Gasteiger partial charge is 0.0839 e. The van der Waals surface area contributed by atoms with Crippen LogP contribution in [0.15, 0.2) is 28.5 Å². The van der Waals surface area contributed by atoms with Gasteiger partial charge in [-0.25, -0.2) is 0 Å². The van der Waals surface area contributed by atoms with Gasteiger partial charge in [-0.05, 0) is 12.2 Å². The molecule has 2 rings (SSSR count). The van der Waals surface area contributed by atoms with Gasteiger partial charge in [0.15, 0.2) is 0 Å². The van der Waals surface area contributed by atoms with Crippen LogP contribution in [0.2, 0.25) is 0 Å². The Bertz CT molecular complexity index is 199. The van der Waals surface area contributed by atoms with E-state index >= 15 is 0 Å². The van der Waals surface area contributed by atoms with Crippen molar-refractivity contribution in [2.24, 2.45) is 4.99 Å². The second kappa shape index (κ2) is 1.22. The van der Waals surface area contributed by atoms with Gasteiger partial charge in [0.25, 0.3) is 0 Å². The molecule has 0 saturated carbocycles. The molecule has 0 amide bonds. The van der Waals surface area contributed by atoms with Crippen molar-refractivity contribution >= 4 is 6.21 Å². The molecule has 0 aromatic carbocycles. The highest BCUT2D eigenvalue weighted by Gasteiger charge is 2.10. The number of aliphatic imine (C=N–C) groups is 1. The minimum atomic E-state index is 0.943. The van der Waals surface area contributed by atoms with E-state index in [4.69, 9.17) is 0 Å². The van der Waals surface area contributed by atoms with Crippen molar-refractivity contribution in [2.45, 2.75) is 0 Å². The molecular weight excluding hydrogens is 100 g/mol. The molecule has 0 aromatic heterocycles. The normalized spacial score (nSPS) is 22.0. The van der Waals surface area contributed by atoms with Crippen LogP contribution in [0.5, 0.6) is 0 Å². The summed E-state index contributed by atoms with van der Waals surface area (Å²) in [5.74, 6) is 0. The first-order valence-corrected chi connectivity index (χ1v) is 2.65. The Morgan fingerprint density at radius 2 is 2.62 bits per heavy atom. The molecule has 1 N–H and O–H groups in total. The summed E-state index contributed by atoms with van der Waals surface area (Å²) in [6.45, 7) is 0.943. The first-order valence-electron chi connectivity index (χ1n) is 2.65. The number of nitrogens with zero attached hydrogens (tertiary/aromatic N) is 1. The predicted molar refractivity (Wildman–Crippen MR) is 32.7 cm³/mol. The fourth-order valence-electron chi connectivity index (χ4n) is 0.917. The highest BCUT2D eigenvalue weighted by Crippen LogP contribution is 2.16. The lowest BCUT2D eigenvalue weighted by Crippen LogP contribution is -2.04. The van der Waals surface area contributed by atoms with E-state index < -0.39 is 0 Å². The minimum Gasteiger partial charge on any atom is -0.380 e. The summed E-state index contributed by atoms with van der Waals surface area (Å²) < 4.78 is 0. The maximum absolute atomic E-state index is 4.08.